The molecule has 1 aromatic heterocycles. The van der Waals surface area contributed by atoms with Crippen LogP contribution in [0, 0.1) is 0 Å². The fraction of sp³-hybridized carbons (Fsp3) is 0.385. The molecule has 0 bridgehead atoms. The first-order valence-corrected chi connectivity index (χ1v) is 5.91. The van der Waals surface area contributed by atoms with Crippen LogP contribution in [0.4, 0.5) is 0 Å². The van der Waals surface area contributed by atoms with Gasteiger partial charge in [0, 0.05) is 26.6 Å². The van der Waals surface area contributed by atoms with E-state index < -0.39 is 0 Å². The zero-order chi connectivity index (χ0) is 12.6. The number of benzene rings is 1. The van der Waals surface area contributed by atoms with E-state index in [0.717, 1.165) is 19.5 Å². The molecule has 0 spiro atoms. The quantitative estimate of drug-likeness (QED) is 0.752. The summed E-state index contributed by atoms with van der Waals surface area (Å²) in [7, 11) is 1.70. The van der Waals surface area contributed by atoms with Crippen molar-refractivity contribution in [3.8, 4) is 0 Å². The van der Waals surface area contributed by atoms with Crippen molar-refractivity contribution in [2.75, 3.05) is 13.7 Å². The Bertz CT molecular complexity index is 457. The largest absolute Gasteiger partial charge is 0.380 e. The first-order valence-electron chi connectivity index (χ1n) is 5.91. The molecule has 0 unspecified atom stereocenters. The number of ether oxygens (including phenoxy) is 1. The molecule has 96 valence electrons. The highest BCUT2D eigenvalue weighted by Gasteiger charge is 1.99. The third kappa shape index (κ3) is 3.94. The number of nitrogens with one attached hydrogen (secondary N) is 1. The third-order valence-corrected chi connectivity index (χ3v) is 2.55. The zero-order valence-corrected chi connectivity index (χ0v) is 10.4. The second kappa shape index (κ2) is 6.88. The van der Waals surface area contributed by atoms with Crippen molar-refractivity contribution in [2.45, 2.75) is 19.6 Å². The molecule has 2 aromatic rings. The van der Waals surface area contributed by atoms with Crippen LogP contribution in [0.2, 0.25) is 0 Å². The Hall–Kier alpha value is -1.72. The van der Waals surface area contributed by atoms with Gasteiger partial charge in [-0.3, -0.25) is 0 Å². The summed E-state index contributed by atoms with van der Waals surface area (Å²) in [6.07, 6.45) is 2.17. The van der Waals surface area contributed by atoms with Crippen molar-refractivity contribution in [2.24, 2.45) is 0 Å². The van der Waals surface area contributed by atoms with Crippen LogP contribution in [0.3, 0.4) is 0 Å². The lowest BCUT2D eigenvalue weighted by atomic mass is 10.1. The van der Waals surface area contributed by atoms with E-state index in [0.29, 0.717) is 12.5 Å². The van der Waals surface area contributed by atoms with Gasteiger partial charge in [-0.2, -0.15) is 4.98 Å². The van der Waals surface area contributed by atoms with Crippen LogP contribution in [0.25, 0.3) is 0 Å². The first-order chi connectivity index (χ1) is 8.88. The molecule has 0 saturated carbocycles. The maximum absolute atomic E-state index is 5.11. The summed E-state index contributed by atoms with van der Waals surface area (Å²) in [4.78, 5) is 3.96. The van der Waals surface area contributed by atoms with Crippen molar-refractivity contribution in [1.29, 1.82) is 0 Å². The molecule has 0 radical (unpaired) electrons. The minimum atomic E-state index is 0.649. The van der Waals surface area contributed by atoms with E-state index in [1.54, 1.807) is 7.11 Å². The van der Waals surface area contributed by atoms with Gasteiger partial charge in [0.15, 0.2) is 6.33 Å². The highest BCUT2D eigenvalue weighted by atomic mass is 16.5. The number of rotatable bonds is 7. The van der Waals surface area contributed by atoms with Crippen molar-refractivity contribution in [3.05, 3.63) is 47.6 Å². The van der Waals surface area contributed by atoms with Crippen LogP contribution in [0.5, 0.6) is 0 Å². The molecule has 2 rings (SSSR count). The van der Waals surface area contributed by atoms with Gasteiger partial charge in [-0.05, 0) is 11.1 Å². The van der Waals surface area contributed by atoms with Gasteiger partial charge in [0.25, 0.3) is 0 Å². The zero-order valence-electron chi connectivity index (χ0n) is 10.4. The Kier molecular flexibility index (Phi) is 4.87. The van der Waals surface area contributed by atoms with Crippen molar-refractivity contribution in [3.63, 3.8) is 0 Å². The van der Waals surface area contributed by atoms with Gasteiger partial charge in [0.05, 0.1) is 6.61 Å². The highest BCUT2D eigenvalue weighted by Crippen LogP contribution is 2.06. The van der Waals surface area contributed by atoms with Gasteiger partial charge in [-0.1, -0.05) is 29.4 Å². The number of hydrogen-bond donors (Lipinski definition) is 1. The van der Waals surface area contributed by atoms with Crippen LogP contribution < -0.4 is 5.32 Å². The smallest absolute Gasteiger partial charge is 0.227 e. The summed E-state index contributed by atoms with van der Waals surface area (Å²) in [6, 6.07) is 8.34. The molecule has 0 atom stereocenters. The molecule has 0 aliphatic heterocycles. The van der Waals surface area contributed by atoms with Gasteiger partial charge in [0.1, 0.15) is 0 Å². The third-order valence-electron chi connectivity index (χ3n) is 2.55. The van der Waals surface area contributed by atoms with Gasteiger partial charge in [0.2, 0.25) is 5.89 Å². The lowest BCUT2D eigenvalue weighted by Gasteiger charge is -2.05. The minimum Gasteiger partial charge on any atom is -0.380 e. The number of nitrogens with zero attached hydrogens (tertiary/aromatic N) is 2. The standard InChI is InChI=1S/C13H17N3O2/c1-17-9-12-4-2-3-11(7-12)8-14-6-5-13-15-10-16-18-13/h2-4,7,10,14H,5-6,8-9H2,1H3. The molecule has 1 heterocycles. The first kappa shape index (κ1) is 12.7. The molecule has 1 N–H and O–H groups in total. The molecule has 0 saturated heterocycles. The van der Waals surface area contributed by atoms with Gasteiger partial charge in [-0.25, -0.2) is 0 Å². The van der Waals surface area contributed by atoms with E-state index in [2.05, 4.69) is 33.7 Å². The maximum atomic E-state index is 5.11. The molecular weight excluding hydrogens is 230 g/mol. The molecule has 1 aromatic carbocycles. The lowest BCUT2D eigenvalue weighted by Crippen LogP contribution is -2.16. The molecular formula is C13H17N3O2. The Morgan fingerprint density at radius 3 is 3.00 bits per heavy atom. The van der Waals surface area contributed by atoms with Crippen LogP contribution >= 0.6 is 0 Å². The van der Waals surface area contributed by atoms with E-state index in [1.807, 2.05) is 6.07 Å². The fourth-order valence-electron chi connectivity index (χ4n) is 1.73. The van der Waals surface area contributed by atoms with E-state index in [4.69, 9.17) is 9.26 Å². The van der Waals surface area contributed by atoms with E-state index in [9.17, 15) is 0 Å². The van der Waals surface area contributed by atoms with Crippen LogP contribution in [-0.2, 0) is 24.3 Å². The Morgan fingerprint density at radius 1 is 1.33 bits per heavy atom. The van der Waals surface area contributed by atoms with Crippen LogP contribution in [-0.4, -0.2) is 23.8 Å². The second-order valence-electron chi connectivity index (χ2n) is 4.01. The summed E-state index contributed by atoms with van der Waals surface area (Å²) in [5.74, 6) is 0.663. The molecule has 5 heteroatoms. The topological polar surface area (TPSA) is 60.2 Å². The number of methoxy groups -OCH3 is 1. The summed E-state index contributed by atoms with van der Waals surface area (Å²) in [5.41, 5.74) is 2.43. The van der Waals surface area contributed by atoms with Crippen molar-refractivity contribution >= 4 is 0 Å². The summed E-state index contributed by atoms with van der Waals surface area (Å²) in [5, 5.41) is 6.90. The summed E-state index contributed by atoms with van der Waals surface area (Å²) < 4.78 is 10.0. The van der Waals surface area contributed by atoms with Gasteiger partial charge in [-0.15, -0.1) is 0 Å². The average Bonchev–Trinajstić information content (AvgIpc) is 2.89. The molecule has 5 nitrogen and oxygen atoms in total. The van der Waals surface area contributed by atoms with E-state index >= 15 is 0 Å². The van der Waals surface area contributed by atoms with Gasteiger partial charge < -0.3 is 14.6 Å². The Balaban J connectivity index is 1.74. The predicted octanol–water partition coefficient (Wildman–Crippen LogP) is 1.55. The fourth-order valence-corrected chi connectivity index (χ4v) is 1.73. The molecule has 0 aliphatic carbocycles. The molecule has 0 aliphatic rings. The molecule has 0 fully saturated rings. The second-order valence-corrected chi connectivity index (χ2v) is 4.01. The Labute approximate surface area is 106 Å². The maximum Gasteiger partial charge on any atom is 0.227 e. The lowest BCUT2D eigenvalue weighted by molar-refractivity contribution is 0.185. The molecule has 0 amide bonds. The van der Waals surface area contributed by atoms with Crippen molar-refractivity contribution < 1.29 is 9.26 Å². The van der Waals surface area contributed by atoms with E-state index in [1.165, 1.54) is 17.5 Å². The number of aromatic nitrogens is 2. The summed E-state index contributed by atoms with van der Waals surface area (Å²) in [6.45, 7) is 2.29. The molecule has 18 heavy (non-hydrogen) atoms. The van der Waals surface area contributed by atoms with Gasteiger partial charge >= 0.3 is 0 Å². The average molecular weight is 247 g/mol. The minimum absolute atomic E-state index is 0.649. The normalized spacial score (nSPS) is 10.7. The monoisotopic (exact) mass is 247 g/mol. The van der Waals surface area contributed by atoms with Crippen LogP contribution in [0.1, 0.15) is 17.0 Å². The van der Waals surface area contributed by atoms with E-state index in [-0.39, 0.29) is 0 Å². The summed E-state index contributed by atoms with van der Waals surface area (Å²) >= 11 is 0. The number of hydrogen-bond acceptors (Lipinski definition) is 5. The Morgan fingerprint density at radius 2 is 2.22 bits per heavy atom. The van der Waals surface area contributed by atoms with Crippen LogP contribution in [0.15, 0.2) is 35.1 Å². The van der Waals surface area contributed by atoms with Crippen molar-refractivity contribution in [1.82, 2.24) is 15.5 Å². The SMILES string of the molecule is COCc1cccc(CNCCc2ncno2)c1. The highest BCUT2D eigenvalue weighted by molar-refractivity contribution is 5.22. The predicted molar refractivity (Wildman–Crippen MR) is 66.9 cm³/mol.